The molecule has 1 aromatic heterocycles. The third-order valence-electron chi connectivity index (χ3n) is 3.51. The standard InChI is InChI=1S/C16H18Cl2N2O3S2/c1-3-20(10-12-6-7-13(17)14(18)9-12)16(21)11(2)19-25(22,23)15-5-4-8-24-15/h4-9,11,19H,3,10H2,1-2H3. The van der Waals surface area contributed by atoms with Crippen LogP contribution in [0.2, 0.25) is 10.0 Å². The largest absolute Gasteiger partial charge is 0.337 e. The fourth-order valence-corrected chi connectivity index (χ4v) is 4.76. The highest BCUT2D eigenvalue weighted by Gasteiger charge is 2.26. The van der Waals surface area contributed by atoms with Crippen LogP contribution in [0.3, 0.4) is 0 Å². The van der Waals surface area contributed by atoms with Gasteiger partial charge in [0.15, 0.2) is 0 Å². The number of hydrogen-bond donors (Lipinski definition) is 1. The van der Waals surface area contributed by atoms with Crippen LogP contribution in [0.5, 0.6) is 0 Å². The molecule has 1 unspecified atom stereocenters. The van der Waals surface area contributed by atoms with E-state index in [2.05, 4.69) is 4.72 Å². The first-order chi connectivity index (χ1) is 11.7. The van der Waals surface area contributed by atoms with E-state index < -0.39 is 16.1 Å². The summed E-state index contributed by atoms with van der Waals surface area (Å²) in [5.41, 5.74) is 0.818. The van der Waals surface area contributed by atoms with Crippen LogP contribution in [0.4, 0.5) is 0 Å². The summed E-state index contributed by atoms with van der Waals surface area (Å²) in [7, 11) is -3.71. The fraction of sp³-hybridized carbons (Fsp3) is 0.312. The molecule has 2 aromatic rings. The topological polar surface area (TPSA) is 66.5 Å². The van der Waals surface area contributed by atoms with Crippen molar-refractivity contribution in [2.24, 2.45) is 0 Å². The Morgan fingerprint density at radius 2 is 2.00 bits per heavy atom. The monoisotopic (exact) mass is 420 g/mol. The number of carbonyl (C=O) groups is 1. The van der Waals surface area contributed by atoms with Crippen LogP contribution in [0, 0.1) is 0 Å². The van der Waals surface area contributed by atoms with Crippen molar-refractivity contribution in [3.63, 3.8) is 0 Å². The summed E-state index contributed by atoms with van der Waals surface area (Å²) < 4.78 is 27.1. The Hall–Kier alpha value is -1.12. The van der Waals surface area contributed by atoms with Gasteiger partial charge in [-0.2, -0.15) is 4.72 Å². The molecule has 9 heteroatoms. The van der Waals surface area contributed by atoms with E-state index in [9.17, 15) is 13.2 Å². The number of nitrogens with one attached hydrogen (secondary N) is 1. The van der Waals surface area contributed by atoms with E-state index in [1.54, 1.807) is 34.5 Å². The molecule has 1 amide bonds. The van der Waals surface area contributed by atoms with Gasteiger partial charge >= 0.3 is 0 Å². The van der Waals surface area contributed by atoms with E-state index in [4.69, 9.17) is 23.2 Å². The number of benzene rings is 1. The quantitative estimate of drug-likeness (QED) is 0.740. The Morgan fingerprint density at radius 3 is 2.56 bits per heavy atom. The van der Waals surface area contributed by atoms with Crippen molar-refractivity contribution in [1.29, 1.82) is 0 Å². The molecule has 0 aliphatic heterocycles. The minimum Gasteiger partial charge on any atom is -0.337 e. The lowest BCUT2D eigenvalue weighted by atomic mass is 10.2. The average Bonchev–Trinajstić information content (AvgIpc) is 3.10. The maximum Gasteiger partial charge on any atom is 0.250 e. The summed E-state index contributed by atoms with van der Waals surface area (Å²) in [6, 6.07) is 7.41. The van der Waals surface area contributed by atoms with Gasteiger partial charge in [0.05, 0.1) is 16.1 Å². The number of carbonyl (C=O) groups excluding carboxylic acids is 1. The minimum absolute atomic E-state index is 0.180. The van der Waals surface area contributed by atoms with E-state index in [1.165, 1.54) is 13.0 Å². The second kappa shape index (κ2) is 8.51. The molecule has 136 valence electrons. The Morgan fingerprint density at radius 1 is 1.28 bits per heavy atom. The summed E-state index contributed by atoms with van der Waals surface area (Å²) in [6.45, 7) is 4.11. The van der Waals surface area contributed by atoms with Crippen molar-refractivity contribution in [2.45, 2.75) is 30.6 Å². The molecule has 0 saturated heterocycles. The van der Waals surface area contributed by atoms with Crippen LogP contribution in [-0.2, 0) is 21.4 Å². The highest BCUT2D eigenvalue weighted by atomic mass is 35.5. The second-order valence-corrected chi connectivity index (χ2v) is 9.08. The molecular formula is C16H18Cl2N2O3S2. The first kappa shape index (κ1) is 20.2. The van der Waals surface area contributed by atoms with Crippen molar-refractivity contribution in [3.8, 4) is 0 Å². The van der Waals surface area contributed by atoms with Crippen LogP contribution < -0.4 is 4.72 Å². The number of sulfonamides is 1. The molecule has 1 heterocycles. The summed E-state index contributed by atoms with van der Waals surface area (Å²) in [5.74, 6) is -0.311. The molecule has 0 radical (unpaired) electrons. The summed E-state index contributed by atoms with van der Waals surface area (Å²) in [6.07, 6.45) is 0. The maximum atomic E-state index is 12.6. The Kier molecular flexibility index (Phi) is 6.87. The predicted molar refractivity (Wildman–Crippen MR) is 102 cm³/mol. The highest BCUT2D eigenvalue weighted by molar-refractivity contribution is 7.91. The van der Waals surface area contributed by atoms with Crippen LogP contribution in [-0.4, -0.2) is 31.8 Å². The van der Waals surface area contributed by atoms with Gasteiger partial charge in [0, 0.05) is 13.1 Å². The van der Waals surface area contributed by atoms with Gasteiger partial charge in [-0.1, -0.05) is 35.3 Å². The Balaban J connectivity index is 2.09. The first-order valence-corrected chi connectivity index (χ1v) is 10.6. The molecule has 5 nitrogen and oxygen atoms in total. The Bertz CT molecular complexity index is 839. The van der Waals surface area contributed by atoms with Gasteiger partial charge in [0.1, 0.15) is 4.21 Å². The van der Waals surface area contributed by atoms with Gasteiger partial charge in [-0.3, -0.25) is 4.79 Å². The zero-order valence-electron chi connectivity index (χ0n) is 13.7. The molecule has 0 aliphatic rings. The molecule has 2 rings (SSSR count). The van der Waals surface area contributed by atoms with Gasteiger partial charge in [-0.25, -0.2) is 8.42 Å². The van der Waals surface area contributed by atoms with Crippen molar-refractivity contribution >= 4 is 50.5 Å². The van der Waals surface area contributed by atoms with E-state index in [1.807, 2.05) is 6.92 Å². The van der Waals surface area contributed by atoms with Gasteiger partial charge < -0.3 is 4.90 Å². The molecule has 0 spiro atoms. The second-order valence-electron chi connectivity index (χ2n) is 5.38. The van der Waals surface area contributed by atoms with Gasteiger partial charge in [-0.05, 0) is 43.0 Å². The molecule has 1 aromatic carbocycles. The average molecular weight is 421 g/mol. The molecule has 25 heavy (non-hydrogen) atoms. The molecule has 1 N–H and O–H groups in total. The molecule has 1 atom stereocenters. The fourth-order valence-electron chi connectivity index (χ4n) is 2.24. The van der Waals surface area contributed by atoms with Gasteiger partial charge in [-0.15, -0.1) is 11.3 Å². The SMILES string of the molecule is CCN(Cc1ccc(Cl)c(Cl)c1)C(=O)C(C)NS(=O)(=O)c1cccs1. The van der Waals surface area contributed by atoms with Crippen molar-refractivity contribution in [3.05, 3.63) is 51.3 Å². The summed E-state index contributed by atoms with van der Waals surface area (Å²) in [4.78, 5) is 14.2. The lowest BCUT2D eigenvalue weighted by molar-refractivity contribution is -0.133. The van der Waals surface area contributed by atoms with E-state index in [0.717, 1.165) is 16.9 Å². The smallest absolute Gasteiger partial charge is 0.250 e. The third kappa shape index (κ3) is 5.18. The number of hydrogen-bond acceptors (Lipinski definition) is 4. The van der Waals surface area contributed by atoms with Crippen LogP contribution in [0.25, 0.3) is 0 Å². The van der Waals surface area contributed by atoms with Gasteiger partial charge in [0.2, 0.25) is 5.91 Å². The number of likely N-dealkylation sites (N-methyl/N-ethyl adjacent to an activating group) is 1. The minimum atomic E-state index is -3.71. The number of thiophene rings is 1. The van der Waals surface area contributed by atoms with Crippen LogP contribution in [0.15, 0.2) is 39.9 Å². The number of rotatable bonds is 7. The molecule has 0 saturated carbocycles. The molecular weight excluding hydrogens is 403 g/mol. The van der Waals surface area contributed by atoms with Crippen molar-refractivity contribution in [2.75, 3.05) is 6.54 Å². The van der Waals surface area contributed by atoms with E-state index in [0.29, 0.717) is 23.1 Å². The molecule has 0 fully saturated rings. The first-order valence-electron chi connectivity index (χ1n) is 7.53. The summed E-state index contributed by atoms with van der Waals surface area (Å²) in [5, 5.41) is 2.52. The third-order valence-corrected chi connectivity index (χ3v) is 7.19. The number of nitrogens with zero attached hydrogens (tertiary/aromatic N) is 1. The lowest BCUT2D eigenvalue weighted by Gasteiger charge is -2.25. The highest BCUT2D eigenvalue weighted by Crippen LogP contribution is 2.23. The number of halogens is 2. The normalized spacial score (nSPS) is 12.8. The molecule has 0 aliphatic carbocycles. The maximum absolute atomic E-state index is 12.6. The van der Waals surface area contributed by atoms with Crippen LogP contribution in [0.1, 0.15) is 19.4 Å². The Labute approximate surface area is 161 Å². The van der Waals surface area contributed by atoms with E-state index in [-0.39, 0.29) is 10.1 Å². The predicted octanol–water partition coefficient (Wildman–Crippen LogP) is 3.77. The van der Waals surface area contributed by atoms with E-state index >= 15 is 0 Å². The summed E-state index contributed by atoms with van der Waals surface area (Å²) >= 11 is 13.0. The zero-order chi connectivity index (χ0) is 18.6. The van der Waals surface area contributed by atoms with Crippen molar-refractivity contribution in [1.82, 2.24) is 9.62 Å². The van der Waals surface area contributed by atoms with Crippen molar-refractivity contribution < 1.29 is 13.2 Å². The molecule has 0 bridgehead atoms. The lowest BCUT2D eigenvalue weighted by Crippen LogP contribution is -2.46. The van der Waals surface area contributed by atoms with Crippen LogP contribution >= 0.6 is 34.5 Å². The van der Waals surface area contributed by atoms with Gasteiger partial charge in [0.25, 0.3) is 10.0 Å². The number of amides is 1. The zero-order valence-corrected chi connectivity index (χ0v) is 16.8.